The number of amides is 1. The van der Waals surface area contributed by atoms with Crippen LogP contribution in [0.5, 0.6) is 5.75 Å². The molecule has 0 aromatic heterocycles. The van der Waals surface area contributed by atoms with Gasteiger partial charge in [-0.3, -0.25) is 4.79 Å². The van der Waals surface area contributed by atoms with E-state index in [2.05, 4.69) is 13.8 Å². The van der Waals surface area contributed by atoms with Crippen LogP contribution in [-0.4, -0.2) is 36.7 Å². The van der Waals surface area contributed by atoms with E-state index in [0.717, 1.165) is 16.9 Å². The van der Waals surface area contributed by atoms with Crippen molar-refractivity contribution in [2.45, 2.75) is 26.3 Å². The van der Waals surface area contributed by atoms with Crippen LogP contribution in [0.4, 0.5) is 0 Å². The molecule has 0 spiro atoms. The molecule has 0 aliphatic heterocycles. The minimum absolute atomic E-state index is 0.281. The first-order valence-electron chi connectivity index (χ1n) is 6.01. The van der Waals surface area contributed by atoms with Gasteiger partial charge in [0.2, 0.25) is 5.91 Å². The predicted molar refractivity (Wildman–Crippen MR) is 70.6 cm³/mol. The fourth-order valence-electron chi connectivity index (χ4n) is 1.82. The number of benzene rings is 1. The van der Waals surface area contributed by atoms with Crippen LogP contribution >= 0.6 is 0 Å². The lowest BCUT2D eigenvalue weighted by atomic mass is 9.99. The molecular formula is C14H21NO3. The van der Waals surface area contributed by atoms with Crippen molar-refractivity contribution in [3.63, 3.8) is 0 Å². The van der Waals surface area contributed by atoms with Crippen LogP contribution in [0.3, 0.4) is 0 Å². The summed E-state index contributed by atoms with van der Waals surface area (Å²) in [6.07, 6.45) is 0. The van der Waals surface area contributed by atoms with Gasteiger partial charge in [0.05, 0.1) is 7.11 Å². The van der Waals surface area contributed by atoms with Crippen LogP contribution in [0.15, 0.2) is 18.2 Å². The number of aliphatic hydroxyl groups excluding tert-OH is 1. The molecule has 100 valence electrons. The number of rotatable bonds is 5. The molecule has 1 aromatic carbocycles. The summed E-state index contributed by atoms with van der Waals surface area (Å²) in [6.45, 7) is 4.24. The van der Waals surface area contributed by atoms with Gasteiger partial charge in [-0.15, -0.1) is 0 Å². The Labute approximate surface area is 108 Å². The van der Waals surface area contributed by atoms with Gasteiger partial charge in [-0.05, 0) is 23.1 Å². The first kappa shape index (κ1) is 14.5. The second kappa shape index (κ2) is 6.40. The summed E-state index contributed by atoms with van der Waals surface area (Å²) in [5.41, 5.74) is 2.16. The molecule has 1 amide bonds. The number of hydrogen-bond donors (Lipinski definition) is 1. The SMILES string of the molecule is COc1ccc(CN(C)C(=O)CO)cc1C(C)C. The van der Waals surface area contributed by atoms with Gasteiger partial charge in [-0.25, -0.2) is 0 Å². The van der Waals surface area contributed by atoms with Crippen LogP contribution in [0.25, 0.3) is 0 Å². The molecule has 0 radical (unpaired) electrons. The third kappa shape index (κ3) is 3.47. The van der Waals surface area contributed by atoms with Gasteiger partial charge in [0.25, 0.3) is 0 Å². The van der Waals surface area contributed by atoms with Crippen molar-refractivity contribution in [1.29, 1.82) is 0 Å². The third-order valence-corrected chi connectivity index (χ3v) is 2.90. The Morgan fingerprint density at radius 1 is 1.44 bits per heavy atom. The molecule has 1 rings (SSSR count). The van der Waals surface area contributed by atoms with Crippen LogP contribution in [0, 0.1) is 0 Å². The Morgan fingerprint density at radius 3 is 2.61 bits per heavy atom. The van der Waals surface area contributed by atoms with Crippen molar-refractivity contribution >= 4 is 5.91 Å². The topological polar surface area (TPSA) is 49.8 Å². The van der Waals surface area contributed by atoms with E-state index in [-0.39, 0.29) is 5.91 Å². The average molecular weight is 251 g/mol. The number of hydrogen-bond acceptors (Lipinski definition) is 3. The monoisotopic (exact) mass is 251 g/mol. The summed E-state index contributed by atoms with van der Waals surface area (Å²) in [4.78, 5) is 12.8. The lowest BCUT2D eigenvalue weighted by molar-refractivity contribution is -0.133. The number of ether oxygens (including phenoxy) is 1. The van der Waals surface area contributed by atoms with E-state index < -0.39 is 6.61 Å². The van der Waals surface area contributed by atoms with E-state index in [0.29, 0.717) is 12.5 Å². The molecule has 1 N–H and O–H groups in total. The van der Waals surface area contributed by atoms with Crippen molar-refractivity contribution in [3.05, 3.63) is 29.3 Å². The summed E-state index contributed by atoms with van der Waals surface area (Å²) in [5, 5.41) is 8.80. The van der Waals surface area contributed by atoms with Gasteiger partial charge in [0, 0.05) is 13.6 Å². The first-order chi connectivity index (χ1) is 8.49. The van der Waals surface area contributed by atoms with Crippen LogP contribution < -0.4 is 4.74 Å². The van der Waals surface area contributed by atoms with E-state index in [1.54, 1.807) is 14.2 Å². The van der Waals surface area contributed by atoms with E-state index >= 15 is 0 Å². The number of carbonyl (C=O) groups is 1. The van der Waals surface area contributed by atoms with Gasteiger partial charge in [0.1, 0.15) is 12.4 Å². The number of aliphatic hydroxyl groups is 1. The minimum atomic E-state index is -0.455. The van der Waals surface area contributed by atoms with Gasteiger partial charge in [-0.1, -0.05) is 26.0 Å². The largest absolute Gasteiger partial charge is 0.496 e. The van der Waals surface area contributed by atoms with Gasteiger partial charge >= 0.3 is 0 Å². The van der Waals surface area contributed by atoms with Gasteiger partial charge in [0.15, 0.2) is 0 Å². The molecule has 0 saturated carbocycles. The minimum Gasteiger partial charge on any atom is -0.496 e. The fraction of sp³-hybridized carbons (Fsp3) is 0.500. The van der Waals surface area contributed by atoms with Crippen LogP contribution in [0.2, 0.25) is 0 Å². The number of likely N-dealkylation sites (N-methyl/N-ethyl adjacent to an activating group) is 1. The molecule has 0 fully saturated rings. The van der Waals surface area contributed by atoms with Crippen LogP contribution in [-0.2, 0) is 11.3 Å². The second-order valence-electron chi connectivity index (χ2n) is 4.64. The first-order valence-corrected chi connectivity index (χ1v) is 6.01. The zero-order chi connectivity index (χ0) is 13.7. The molecule has 1 aromatic rings. The fourth-order valence-corrected chi connectivity index (χ4v) is 1.82. The van der Waals surface area contributed by atoms with Crippen molar-refractivity contribution < 1.29 is 14.6 Å². The molecule has 18 heavy (non-hydrogen) atoms. The Morgan fingerprint density at radius 2 is 2.11 bits per heavy atom. The summed E-state index contributed by atoms with van der Waals surface area (Å²) in [7, 11) is 3.33. The van der Waals surface area contributed by atoms with Crippen molar-refractivity contribution in [2.24, 2.45) is 0 Å². The van der Waals surface area contributed by atoms with Crippen molar-refractivity contribution in [1.82, 2.24) is 4.90 Å². The summed E-state index contributed by atoms with van der Waals surface area (Å²) < 4.78 is 5.31. The molecule has 0 atom stereocenters. The Hall–Kier alpha value is -1.55. The maximum atomic E-state index is 11.3. The second-order valence-corrected chi connectivity index (χ2v) is 4.64. The maximum Gasteiger partial charge on any atom is 0.248 e. The molecule has 0 heterocycles. The van der Waals surface area contributed by atoms with E-state index in [9.17, 15) is 4.79 Å². The normalized spacial score (nSPS) is 10.6. The Kier molecular flexibility index (Phi) is 5.16. The molecular weight excluding hydrogens is 230 g/mol. The highest BCUT2D eigenvalue weighted by Gasteiger charge is 2.11. The number of nitrogens with zero attached hydrogens (tertiary/aromatic N) is 1. The van der Waals surface area contributed by atoms with Crippen molar-refractivity contribution in [3.8, 4) is 5.75 Å². The molecule has 0 aliphatic rings. The number of methoxy groups -OCH3 is 1. The Balaban J connectivity index is 2.91. The van der Waals surface area contributed by atoms with Crippen LogP contribution in [0.1, 0.15) is 30.9 Å². The lowest BCUT2D eigenvalue weighted by Crippen LogP contribution is -2.28. The summed E-state index contributed by atoms with van der Waals surface area (Å²) in [5.74, 6) is 0.945. The zero-order valence-corrected chi connectivity index (χ0v) is 11.4. The smallest absolute Gasteiger partial charge is 0.248 e. The third-order valence-electron chi connectivity index (χ3n) is 2.90. The molecule has 0 saturated heterocycles. The molecule has 4 nitrogen and oxygen atoms in total. The molecule has 0 aliphatic carbocycles. The highest BCUT2D eigenvalue weighted by Crippen LogP contribution is 2.27. The number of carbonyl (C=O) groups excluding carboxylic acids is 1. The van der Waals surface area contributed by atoms with E-state index in [1.807, 2.05) is 18.2 Å². The molecule has 0 bridgehead atoms. The highest BCUT2D eigenvalue weighted by molar-refractivity contribution is 5.76. The van der Waals surface area contributed by atoms with Gasteiger partial charge < -0.3 is 14.7 Å². The van der Waals surface area contributed by atoms with E-state index in [4.69, 9.17) is 9.84 Å². The molecule has 0 unspecified atom stereocenters. The maximum absolute atomic E-state index is 11.3. The van der Waals surface area contributed by atoms with Crippen molar-refractivity contribution in [2.75, 3.05) is 20.8 Å². The summed E-state index contributed by atoms with van der Waals surface area (Å²) in [6, 6.07) is 5.90. The Bertz CT molecular complexity index is 416. The standard InChI is InChI=1S/C14H21NO3/c1-10(2)12-7-11(5-6-13(12)18-4)8-15(3)14(17)9-16/h5-7,10,16H,8-9H2,1-4H3. The zero-order valence-electron chi connectivity index (χ0n) is 11.4. The average Bonchev–Trinajstić information content (AvgIpc) is 2.37. The highest BCUT2D eigenvalue weighted by atomic mass is 16.5. The quantitative estimate of drug-likeness (QED) is 0.867. The summed E-state index contributed by atoms with van der Waals surface area (Å²) >= 11 is 0. The predicted octanol–water partition coefficient (Wildman–Crippen LogP) is 1.77. The van der Waals surface area contributed by atoms with Gasteiger partial charge in [-0.2, -0.15) is 0 Å². The lowest BCUT2D eigenvalue weighted by Gasteiger charge is -2.18. The molecule has 4 heteroatoms. The van der Waals surface area contributed by atoms with E-state index in [1.165, 1.54) is 4.90 Å².